The summed E-state index contributed by atoms with van der Waals surface area (Å²) in [5, 5.41) is 6.59. The second kappa shape index (κ2) is 10.2. The normalized spacial score (nSPS) is 11.8. The summed E-state index contributed by atoms with van der Waals surface area (Å²) in [5.74, 6) is -0.369. The standard InChI is InChI=1S/C20H14.C11H7F3O3S/c1-2-8-15(9-3-1)20-18-12-6-4-10-16(18)14-17-11-5-7-13-19(17)20;12-11(13,14)18(15,16)17-10-6-5-8-3-1-2-4-9(8)7-10/h1-14H;1-7H. The molecule has 0 atom stereocenters. The van der Waals surface area contributed by atoms with Gasteiger partial charge in [0.2, 0.25) is 0 Å². The monoisotopic (exact) mass is 530 g/mol. The predicted octanol–water partition coefficient (Wildman–Crippen LogP) is 8.73. The van der Waals surface area contributed by atoms with Crippen molar-refractivity contribution in [3.05, 3.63) is 127 Å². The summed E-state index contributed by atoms with van der Waals surface area (Å²) in [7, 11) is -5.62. The molecule has 0 spiro atoms. The van der Waals surface area contributed by atoms with Crippen molar-refractivity contribution in [2.45, 2.75) is 5.51 Å². The van der Waals surface area contributed by atoms with E-state index in [-0.39, 0.29) is 5.75 Å². The lowest BCUT2D eigenvalue weighted by atomic mass is 9.92. The highest BCUT2D eigenvalue weighted by Gasteiger charge is 2.48. The minimum Gasteiger partial charge on any atom is -0.376 e. The topological polar surface area (TPSA) is 43.4 Å². The average Bonchev–Trinajstić information content (AvgIpc) is 2.91. The van der Waals surface area contributed by atoms with E-state index in [9.17, 15) is 21.6 Å². The van der Waals surface area contributed by atoms with Gasteiger partial charge >= 0.3 is 15.6 Å². The van der Waals surface area contributed by atoms with Gasteiger partial charge in [-0.15, -0.1) is 0 Å². The smallest absolute Gasteiger partial charge is 0.376 e. The van der Waals surface area contributed by atoms with Gasteiger partial charge in [0.1, 0.15) is 5.75 Å². The van der Waals surface area contributed by atoms with Crippen LogP contribution in [-0.2, 0) is 10.1 Å². The Hall–Kier alpha value is -4.36. The fraction of sp³-hybridized carbons (Fsp3) is 0.0323. The van der Waals surface area contributed by atoms with Crippen molar-refractivity contribution in [3.63, 3.8) is 0 Å². The van der Waals surface area contributed by atoms with Gasteiger partial charge in [0.15, 0.2) is 0 Å². The van der Waals surface area contributed by atoms with E-state index < -0.39 is 15.6 Å². The molecule has 38 heavy (non-hydrogen) atoms. The third-order valence-electron chi connectivity index (χ3n) is 6.04. The van der Waals surface area contributed by atoms with Gasteiger partial charge in [-0.1, -0.05) is 109 Å². The van der Waals surface area contributed by atoms with Gasteiger partial charge in [-0.05, 0) is 61.6 Å². The second-order valence-corrected chi connectivity index (χ2v) is 10.1. The van der Waals surface area contributed by atoms with Crippen LogP contribution in [-0.4, -0.2) is 13.9 Å². The zero-order chi connectivity index (χ0) is 26.8. The van der Waals surface area contributed by atoms with Gasteiger partial charge in [0.05, 0.1) is 0 Å². The molecule has 0 heterocycles. The lowest BCUT2D eigenvalue weighted by Crippen LogP contribution is -2.28. The van der Waals surface area contributed by atoms with E-state index in [1.165, 1.54) is 50.9 Å². The average molecular weight is 531 g/mol. The number of hydrogen-bond donors (Lipinski definition) is 0. The first-order valence-electron chi connectivity index (χ1n) is 11.7. The Labute approximate surface area is 217 Å². The molecule has 6 aromatic rings. The molecule has 0 radical (unpaired) electrons. The molecular weight excluding hydrogens is 509 g/mol. The third-order valence-corrected chi connectivity index (χ3v) is 7.02. The summed E-state index contributed by atoms with van der Waals surface area (Å²) in [6.45, 7) is 0. The van der Waals surface area contributed by atoms with Gasteiger partial charge in [0, 0.05) is 0 Å². The summed E-state index contributed by atoms with van der Waals surface area (Å²) in [6, 6.07) is 40.9. The molecule has 190 valence electrons. The second-order valence-electron chi connectivity index (χ2n) is 8.55. The fourth-order valence-electron chi connectivity index (χ4n) is 4.32. The molecule has 0 saturated heterocycles. The maximum Gasteiger partial charge on any atom is 0.534 e. The van der Waals surface area contributed by atoms with Crippen LogP contribution in [0.4, 0.5) is 13.2 Å². The Balaban J connectivity index is 0.000000156. The maximum absolute atomic E-state index is 12.1. The molecule has 0 bridgehead atoms. The first-order chi connectivity index (χ1) is 18.2. The van der Waals surface area contributed by atoms with Crippen molar-refractivity contribution < 1.29 is 25.8 Å². The number of hydrogen-bond acceptors (Lipinski definition) is 3. The van der Waals surface area contributed by atoms with Crippen molar-refractivity contribution in [2.24, 2.45) is 0 Å². The Bertz CT molecular complexity index is 1790. The van der Waals surface area contributed by atoms with Gasteiger partial charge < -0.3 is 4.18 Å². The SMILES string of the molecule is O=S(=O)(Oc1ccc2ccccc2c1)C(F)(F)F.c1ccc(-c2c3ccccc3cc3ccccc23)cc1. The summed E-state index contributed by atoms with van der Waals surface area (Å²) in [5.41, 5.74) is -2.82. The quantitative estimate of drug-likeness (QED) is 0.131. The van der Waals surface area contributed by atoms with Crippen LogP contribution in [0.5, 0.6) is 5.75 Å². The van der Waals surface area contributed by atoms with Crippen LogP contribution in [0.15, 0.2) is 127 Å². The summed E-state index contributed by atoms with van der Waals surface area (Å²) in [6.07, 6.45) is 0. The Morgan fingerprint density at radius 3 is 1.61 bits per heavy atom. The molecule has 0 aliphatic heterocycles. The van der Waals surface area contributed by atoms with Crippen LogP contribution in [0.1, 0.15) is 0 Å². The third kappa shape index (κ3) is 5.19. The maximum atomic E-state index is 12.1. The van der Waals surface area contributed by atoms with Crippen LogP contribution in [0.25, 0.3) is 43.4 Å². The van der Waals surface area contributed by atoms with Crippen LogP contribution in [0, 0.1) is 0 Å². The van der Waals surface area contributed by atoms with Crippen molar-refractivity contribution in [1.82, 2.24) is 0 Å². The van der Waals surface area contributed by atoms with Crippen LogP contribution >= 0.6 is 0 Å². The van der Waals surface area contributed by atoms with E-state index >= 15 is 0 Å². The summed E-state index contributed by atoms with van der Waals surface area (Å²) >= 11 is 0. The van der Waals surface area contributed by atoms with Gasteiger partial charge in [-0.25, -0.2) is 0 Å². The van der Waals surface area contributed by atoms with Gasteiger partial charge in [-0.3, -0.25) is 0 Å². The highest BCUT2D eigenvalue weighted by atomic mass is 32.2. The number of alkyl halides is 3. The zero-order valence-electron chi connectivity index (χ0n) is 19.9. The number of halogens is 3. The number of benzene rings is 6. The number of fused-ring (bicyclic) bond motifs is 3. The molecule has 0 aliphatic carbocycles. The molecule has 7 heteroatoms. The van der Waals surface area contributed by atoms with Crippen LogP contribution < -0.4 is 4.18 Å². The first-order valence-corrected chi connectivity index (χ1v) is 13.1. The molecule has 6 rings (SSSR count). The van der Waals surface area contributed by atoms with E-state index in [0.717, 1.165) is 5.39 Å². The van der Waals surface area contributed by atoms with E-state index in [2.05, 4.69) is 89.1 Å². The zero-order valence-corrected chi connectivity index (χ0v) is 20.7. The van der Waals surface area contributed by atoms with E-state index in [0.29, 0.717) is 5.39 Å². The lowest BCUT2D eigenvalue weighted by Gasteiger charge is -2.11. The largest absolute Gasteiger partial charge is 0.534 e. The molecule has 0 aromatic heterocycles. The molecule has 3 nitrogen and oxygen atoms in total. The van der Waals surface area contributed by atoms with Crippen molar-refractivity contribution in [3.8, 4) is 16.9 Å². The van der Waals surface area contributed by atoms with E-state index in [1.807, 2.05) is 0 Å². The minimum absolute atomic E-state index is 0.369. The highest BCUT2D eigenvalue weighted by molar-refractivity contribution is 7.88. The van der Waals surface area contributed by atoms with Gasteiger partial charge in [-0.2, -0.15) is 21.6 Å². The Morgan fingerprint density at radius 2 is 1.03 bits per heavy atom. The van der Waals surface area contributed by atoms with Crippen molar-refractivity contribution in [1.29, 1.82) is 0 Å². The van der Waals surface area contributed by atoms with Crippen LogP contribution in [0.3, 0.4) is 0 Å². The minimum atomic E-state index is -5.62. The lowest BCUT2D eigenvalue weighted by molar-refractivity contribution is -0.0500. The van der Waals surface area contributed by atoms with Crippen molar-refractivity contribution in [2.75, 3.05) is 0 Å². The fourth-order valence-corrected chi connectivity index (χ4v) is 4.77. The molecule has 0 fully saturated rings. The van der Waals surface area contributed by atoms with E-state index in [4.69, 9.17) is 0 Å². The molecule has 0 aliphatic rings. The first kappa shape index (κ1) is 25.3. The van der Waals surface area contributed by atoms with Crippen LogP contribution in [0.2, 0.25) is 0 Å². The molecular formula is C31H21F3O3S. The van der Waals surface area contributed by atoms with E-state index in [1.54, 1.807) is 24.3 Å². The Kier molecular flexibility index (Phi) is 6.78. The summed E-state index contributed by atoms with van der Waals surface area (Å²) < 4.78 is 62.0. The molecule has 0 N–H and O–H groups in total. The molecule has 0 amide bonds. The molecule has 6 aromatic carbocycles. The molecule has 0 unspecified atom stereocenters. The summed E-state index contributed by atoms with van der Waals surface area (Å²) in [4.78, 5) is 0. The van der Waals surface area contributed by atoms with Crippen molar-refractivity contribution >= 4 is 42.4 Å². The molecule has 0 saturated carbocycles. The predicted molar refractivity (Wildman–Crippen MR) is 146 cm³/mol. The number of rotatable bonds is 3. The Morgan fingerprint density at radius 1 is 0.526 bits per heavy atom. The van der Waals surface area contributed by atoms with Gasteiger partial charge in [0.25, 0.3) is 0 Å². The highest BCUT2D eigenvalue weighted by Crippen LogP contribution is 2.36.